The maximum atomic E-state index is 12.7. The number of anilines is 1. The second-order valence-electron chi connectivity index (χ2n) is 12.9. The molecule has 1 N–H and O–H groups in total. The summed E-state index contributed by atoms with van der Waals surface area (Å²) in [5.74, 6) is 0.542. The van der Waals surface area contributed by atoms with E-state index in [0.29, 0.717) is 61.1 Å². The van der Waals surface area contributed by atoms with Gasteiger partial charge in [-0.15, -0.1) is 11.3 Å². The van der Waals surface area contributed by atoms with E-state index in [1.165, 1.54) is 0 Å². The number of aryl methyl sites for hydroxylation is 1. The van der Waals surface area contributed by atoms with Gasteiger partial charge >= 0.3 is 5.97 Å². The van der Waals surface area contributed by atoms with E-state index in [1.54, 1.807) is 15.9 Å². The van der Waals surface area contributed by atoms with Gasteiger partial charge in [0.1, 0.15) is 22.3 Å². The summed E-state index contributed by atoms with van der Waals surface area (Å²) in [4.78, 5) is 25.6. The zero-order valence-electron chi connectivity index (χ0n) is 26.1. The maximum absolute atomic E-state index is 12.7. The van der Waals surface area contributed by atoms with Gasteiger partial charge in [-0.05, 0) is 71.9 Å². The van der Waals surface area contributed by atoms with Crippen molar-refractivity contribution in [2.45, 2.75) is 84.0 Å². The molecule has 6 bridgehead atoms. The second kappa shape index (κ2) is 12.1. The minimum absolute atomic E-state index is 0.271. The normalized spacial score (nSPS) is 18.2. The molecule has 3 aliphatic heterocycles. The molecule has 10 nitrogen and oxygen atoms in total. The molecule has 0 radical (unpaired) electrons. The fourth-order valence-electron chi connectivity index (χ4n) is 5.94. The third-order valence-electron chi connectivity index (χ3n) is 8.24. The molecule has 0 amide bonds. The molecule has 11 heteroatoms. The Morgan fingerprint density at radius 1 is 1.16 bits per heavy atom. The fourth-order valence-corrected chi connectivity index (χ4v) is 6.83. The topological polar surface area (TPSA) is 111 Å². The van der Waals surface area contributed by atoms with Crippen LogP contribution in [0.2, 0.25) is 0 Å². The van der Waals surface area contributed by atoms with Crippen molar-refractivity contribution in [3.8, 4) is 16.5 Å². The van der Waals surface area contributed by atoms with Crippen molar-refractivity contribution in [2.24, 2.45) is 0 Å². The first-order valence-corrected chi connectivity index (χ1v) is 16.2. The summed E-state index contributed by atoms with van der Waals surface area (Å²) in [7, 11) is 0. The Kier molecular flexibility index (Phi) is 8.38. The van der Waals surface area contributed by atoms with Crippen LogP contribution in [-0.4, -0.2) is 68.2 Å². The molecule has 0 unspecified atom stereocenters. The molecule has 1 saturated heterocycles. The van der Waals surface area contributed by atoms with Crippen molar-refractivity contribution in [2.75, 3.05) is 31.2 Å². The van der Waals surface area contributed by atoms with Gasteiger partial charge in [-0.2, -0.15) is 9.61 Å². The summed E-state index contributed by atoms with van der Waals surface area (Å²) in [6, 6.07) is 10.1. The zero-order chi connectivity index (χ0) is 31.1. The number of hydrogen-bond donors (Lipinski definition) is 1. The van der Waals surface area contributed by atoms with Gasteiger partial charge < -0.3 is 24.2 Å². The van der Waals surface area contributed by atoms with E-state index in [4.69, 9.17) is 29.3 Å². The van der Waals surface area contributed by atoms with Gasteiger partial charge in [0.2, 0.25) is 0 Å². The highest BCUT2D eigenvalue weighted by molar-refractivity contribution is 7.15. The van der Waals surface area contributed by atoms with Gasteiger partial charge in [-0.3, -0.25) is 0 Å². The Hall–Kier alpha value is -3.54. The molecule has 234 valence electrons. The van der Waals surface area contributed by atoms with Crippen molar-refractivity contribution in [1.82, 2.24) is 19.6 Å². The van der Waals surface area contributed by atoms with Gasteiger partial charge in [0.25, 0.3) is 0 Å². The molecular weight excluding hydrogens is 578 g/mol. The molecule has 7 rings (SSSR count). The summed E-state index contributed by atoms with van der Waals surface area (Å²) in [6.07, 6.45) is 4.79. The largest absolute Gasteiger partial charge is 0.493 e. The highest BCUT2D eigenvalue weighted by Gasteiger charge is 2.38. The molecule has 1 aromatic carbocycles. The third kappa shape index (κ3) is 6.45. The van der Waals surface area contributed by atoms with Crippen LogP contribution in [0.5, 0.6) is 5.75 Å². The number of nitrogens with zero attached hydrogens (tertiary/aromatic N) is 5. The van der Waals surface area contributed by atoms with E-state index in [2.05, 4.69) is 17.9 Å². The van der Waals surface area contributed by atoms with Crippen molar-refractivity contribution >= 4 is 28.8 Å². The average molecular weight is 620 g/mol. The molecule has 3 aromatic heterocycles. The monoisotopic (exact) mass is 619 g/mol. The van der Waals surface area contributed by atoms with Crippen molar-refractivity contribution in [3.05, 3.63) is 58.2 Å². The van der Waals surface area contributed by atoms with Gasteiger partial charge in [0.05, 0.1) is 23.4 Å². The number of piperidine rings is 1. The quantitative estimate of drug-likeness (QED) is 0.285. The predicted octanol–water partition coefficient (Wildman–Crippen LogP) is 6.24. The summed E-state index contributed by atoms with van der Waals surface area (Å²) >= 11 is 1.59. The van der Waals surface area contributed by atoms with Crippen molar-refractivity contribution < 1.29 is 24.1 Å². The highest BCUT2D eigenvalue weighted by atomic mass is 32.1. The number of aromatic nitrogens is 4. The van der Waals surface area contributed by atoms with E-state index in [0.717, 1.165) is 46.9 Å². The molecule has 1 atom stereocenters. The number of thiazole rings is 1. The number of hydrogen-bond acceptors (Lipinski definition) is 9. The van der Waals surface area contributed by atoms with Crippen LogP contribution < -0.4 is 9.64 Å². The summed E-state index contributed by atoms with van der Waals surface area (Å²) in [6.45, 7) is 12.3. The predicted molar refractivity (Wildman–Crippen MR) is 170 cm³/mol. The van der Waals surface area contributed by atoms with E-state index >= 15 is 0 Å². The number of aliphatic carboxylic acids is 1. The van der Waals surface area contributed by atoms with Crippen LogP contribution >= 0.6 is 11.3 Å². The fraction of sp³-hybridized carbons (Fsp3) is 0.515. The van der Waals surface area contributed by atoms with E-state index in [1.807, 2.05) is 58.2 Å². The lowest BCUT2D eigenvalue weighted by molar-refractivity contribution is -0.160. The molecule has 4 aromatic rings. The Bertz CT molecular complexity index is 1650. The Labute approximate surface area is 262 Å². The lowest BCUT2D eigenvalue weighted by atomic mass is 9.92. The molecule has 0 aliphatic carbocycles. The first-order valence-electron chi connectivity index (χ1n) is 15.4. The number of carboxylic acid groups (broad SMARTS) is 1. The summed E-state index contributed by atoms with van der Waals surface area (Å²) in [5, 5.41) is 16.2. The highest BCUT2D eigenvalue weighted by Crippen LogP contribution is 2.39. The number of para-hydroxylation sites is 1. The Morgan fingerprint density at radius 3 is 2.66 bits per heavy atom. The van der Waals surface area contributed by atoms with Gasteiger partial charge in [0.15, 0.2) is 11.8 Å². The first kappa shape index (κ1) is 30.5. The molecular formula is C33H41N5O5S. The molecule has 1 fully saturated rings. The van der Waals surface area contributed by atoms with Crippen LogP contribution in [0.3, 0.4) is 0 Å². The third-order valence-corrected chi connectivity index (χ3v) is 9.26. The number of ether oxygens (including phenoxy) is 3. The van der Waals surface area contributed by atoms with Gasteiger partial charge in [-0.1, -0.05) is 18.2 Å². The number of fused-ring (bicyclic) bond motifs is 7. The lowest BCUT2D eigenvalue weighted by Gasteiger charge is -2.41. The standard InChI is InChI=1S/C33H41N5O5S/c1-21-27(28(31(39)40)43-32(2,3)4)30-37-14-12-33(5,13-15-37)42-17-9-8-16-41-25-11-7-6-10-22(25)18-23-20-34-29(44-23)24-19-26(35-21)38(30)36-24/h6-7,10-11,19-20,28H,8-9,12-18H2,1-5H3,(H,39,40)/t28-/m0/s1. The number of carbonyl (C=O) groups is 1. The van der Waals surface area contributed by atoms with Gasteiger partial charge in [0, 0.05) is 49.0 Å². The second-order valence-corrected chi connectivity index (χ2v) is 14.1. The molecule has 0 spiro atoms. The van der Waals surface area contributed by atoms with Crippen LogP contribution in [0.4, 0.5) is 5.82 Å². The minimum Gasteiger partial charge on any atom is -0.493 e. The smallest absolute Gasteiger partial charge is 0.337 e. The molecule has 0 saturated carbocycles. The van der Waals surface area contributed by atoms with E-state index in [9.17, 15) is 9.90 Å². The Balaban J connectivity index is 1.47. The van der Waals surface area contributed by atoms with Gasteiger partial charge in [-0.25, -0.2) is 14.8 Å². The van der Waals surface area contributed by atoms with E-state index in [-0.39, 0.29) is 5.60 Å². The number of benzene rings is 1. The van der Waals surface area contributed by atoms with Crippen molar-refractivity contribution in [3.63, 3.8) is 0 Å². The van der Waals surface area contributed by atoms with E-state index < -0.39 is 17.7 Å². The van der Waals surface area contributed by atoms with Crippen LogP contribution in [0.1, 0.15) is 81.2 Å². The molecule has 3 aliphatic rings. The average Bonchev–Trinajstić information content (AvgIpc) is 3.60. The summed E-state index contributed by atoms with van der Waals surface area (Å²) < 4.78 is 20.6. The van der Waals surface area contributed by atoms with Crippen LogP contribution in [0, 0.1) is 6.92 Å². The Morgan fingerprint density at radius 2 is 1.91 bits per heavy atom. The zero-order valence-corrected chi connectivity index (χ0v) is 26.9. The summed E-state index contributed by atoms with van der Waals surface area (Å²) in [5.41, 5.74) is 2.62. The van der Waals surface area contributed by atoms with Crippen LogP contribution in [0.25, 0.3) is 16.3 Å². The first-order chi connectivity index (χ1) is 21.0. The maximum Gasteiger partial charge on any atom is 0.337 e. The van der Waals surface area contributed by atoms with Crippen molar-refractivity contribution in [1.29, 1.82) is 0 Å². The van der Waals surface area contributed by atoms with Crippen LogP contribution in [0.15, 0.2) is 36.5 Å². The number of rotatable bonds is 3. The molecule has 44 heavy (non-hydrogen) atoms. The lowest BCUT2D eigenvalue weighted by Crippen LogP contribution is -2.46. The minimum atomic E-state index is -1.21. The molecule has 6 heterocycles. The SMILES string of the molecule is Cc1nc2cc3nn2c(c1[C@H](OC(C)(C)C)C(=O)O)N1CCC(C)(CC1)OCCCCOc1ccccc1Cc1cnc-3s1. The van der Waals surface area contributed by atoms with Crippen LogP contribution in [-0.2, 0) is 20.7 Å². The number of carboxylic acids is 1.